The van der Waals surface area contributed by atoms with Gasteiger partial charge in [0, 0.05) is 0 Å². The minimum absolute atomic E-state index is 0.157. The fourth-order valence-electron chi connectivity index (χ4n) is 1.56. The van der Waals surface area contributed by atoms with Crippen molar-refractivity contribution in [2.75, 3.05) is 0 Å². The van der Waals surface area contributed by atoms with Gasteiger partial charge in [0.25, 0.3) is 0 Å². The van der Waals surface area contributed by atoms with Crippen LogP contribution >= 0.6 is 0 Å². The molecule has 0 radical (unpaired) electrons. The number of nitrogens with one attached hydrogen (secondary N) is 1. The maximum absolute atomic E-state index is 11.7. The molecule has 0 unspecified atom stereocenters. The molecule has 0 aromatic carbocycles. The minimum Gasteiger partial charge on any atom is -0.461 e. The zero-order valence-electron chi connectivity index (χ0n) is 13.1. The molecule has 112 valence electrons. The van der Waals surface area contributed by atoms with E-state index in [1.165, 1.54) is 0 Å². The predicted molar refractivity (Wildman–Crippen MR) is 73.8 cm³/mol. The molecule has 0 fully saturated rings. The first kappa shape index (κ1) is 17.7. The van der Waals surface area contributed by atoms with E-state index in [4.69, 9.17) is 9.47 Å². The van der Waals surface area contributed by atoms with Gasteiger partial charge in [-0.1, -0.05) is 13.8 Å². The van der Waals surface area contributed by atoms with Crippen molar-refractivity contribution in [1.82, 2.24) is 5.32 Å². The average molecular weight is 273 g/mol. The van der Waals surface area contributed by atoms with Crippen LogP contribution in [-0.4, -0.2) is 29.8 Å². The molecular formula is C14H27NO4. The van der Waals surface area contributed by atoms with E-state index in [0.29, 0.717) is 5.92 Å². The number of amides is 1. The van der Waals surface area contributed by atoms with Crippen LogP contribution in [0.4, 0.5) is 4.79 Å². The smallest absolute Gasteiger partial charge is 0.408 e. The van der Waals surface area contributed by atoms with E-state index in [0.717, 1.165) is 6.42 Å². The van der Waals surface area contributed by atoms with Gasteiger partial charge in [-0.3, -0.25) is 0 Å². The molecule has 0 spiro atoms. The molecule has 2 atom stereocenters. The summed E-state index contributed by atoms with van der Waals surface area (Å²) in [6.07, 6.45) is 0.0223. The Hall–Kier alpha value is -1.26. The quantitative estimate of drug-likeness (QED) is 0.782. The molecule has 0 aliphatic carbocycles. The van der Waals surface area contributed by atoms with Gasteiger partial charge in [-0.2, -0.15) is 0 Å². The summed E-state index contributed by atoms with van der Waals surface area (Å²) in [7, 11) is 0. The molecule has 0 bridgehead atoms. The second kappa shape index (κ2) is 7.36. The van der Waals surface area contributed by atoms with E-state index in [1.807, 2.05) is 6.92 Å². The Labute approximate surface area is 116 Å². The number of hydrogen-bond acceptors (Lipinski definition) is 4. The SMILES string of the molecule is CC(C)C[C@H](C)OC(=O)[C@H](C)NC(=O)OC(C)(C)C. The standard InChI is InChI=1S/C14H27NO4/c1-9(2)8-10(3)18-12(16)11(4)15-13(17)19-14(5,6)7/h9-11H,8H2,1-7H3,(H,15,17)/t10-,11-/m0/s1. The van der Waals surface area contributed by atoms with E-state index >= 15 is 0 Å². The summed E-state index contributed by atoms with van der Waals surface area (Å²) in [5.41, 5.74) is -0.585. The summed E-state index contributed by atoms with van der Waals surface area (Å²) in [6, 6.07) is -0.718. The first-order valence-electron chi connectivity index (χ1n) is 6.71. The van der Waals surface area contributed by atoms with Crippen LogP contribution in [0.1, 0.15) is 54.9 Å². The Balaban J connectivity index is 4.17. The number of ether oxygens (including phenoxy) is 2. The van der Waals surface area contributed by atoms with Gasteiger partial charge in [-0.05, 0) is 47.0 Å². The molecular weight excluding hydrogens is 246 g/mol. The summed E-state index contributed by atoms with van der Waals surface area (Å²) < 4.78 is 10.3. The summed E-state index contributed by atoms with van der Waals surface area (Å²) in [5, 5.41) is 2.46. The first-order valence-corrected chi connectivity index (χ1v) is 6.71. The first-order chi connectivity index (χ1) is 8.51. The third kappa shape index (κ3) is 9.33. The predicted octanol–water partition coefficient (Wildman–Crippen LogP) is 2.88. The molecule has 0 aromatic heterocycles. The van der Waals surface area contributed by atoms with Crippen LogP contribution in [-0.2, 0) is 14.3 Å². The number of alkyl carbamates (subject to hydrolysis) is 1. The molecule has 1 N–H and O–H groups in total. The van der Waals surface area contributed by atoms with Crippen molar-refractivity contribution in [3.8, 4) is 0 Å². The highest BCUT2D eigenvalue weighted by Gasteiger charge is 2.23. The second-order valence-corrected chi connectivity index (χ2v) is 6.24. The van der Waals surface area contributed by atoms with E-state index in [9.17, 15) is 9.59 Å². The number of esters is 1. The van der Waals surface area contributed by atoms with Gasteiger partial charge in [0.15, 0.2) is 0 Å². The largest absolute Gasteiger partial charge is 0.461 e. The lowest BCUT2D eigenvalue weighted by Crippen LogP contribution is -2.43. The molecule has 0 aromatic rings. The van der Waals surface area contributed by atoms with Crippen molar-refractivity contribution in [3.63, 3.8) is 0 Å². The Morgan fingerprint density at radius 2 is 1.63 bits per heavy atom. The van der Waals surface area contributed by atoms with Gasteiger partial charge >= 0.3 is 12.1 Å². The molecule has 0 saturated heterocycles. The van der Waals surface area contributed by atoms with Gasteiger partial charge in [-0.25, -0.2) is 9.59 Å². The molecule has 19 heavy (non-hydrogen) atoms. The molecule has 5 heteroatoms. The fourth-order valence-corrected chi connectivity index (χ4v) is 1.56. The van der Waals surface area contributed by atoms with Gasteiger partial charge < -0.3 is 14.8 Å². The van der Waals surface area contributed by atoms with Crippen molar-refractivity contribution in [2.45, 2.75) is 72.6 Å². The van der Waals surface area contributed by atoms with Gasteiger partial charge in [0.2, 0.25) is 0 Å². The zero-order chi connectivity index (χ0) is 15.2. The fraction of sp³-hybridized carbons (Fsp3) is 0.857. The minimum atomic E-state index is -0.718. The van der Waals surface area contributed by atoms with E-state index < -0.39 is 23.7 Å². The highest BCUT2D eigenvalue weighted by atomic mass is 16.6. The Morgan fingerprint density at radius 1 is 1.11 bits per heavy atom. The lowest BCUT2D eigenvalue weighted by atomic mass is 10.1. The lowest BCUT2D eigenvalue weighted by Gasteiger charge is -2.22. The van der Waals surface area contributed by atoms with Crippen molar-refractivity contribution >= 4 is 12.1 Å². The second-order valence-electron chi connectivity index (χ2n) is 6.24. The molecule has 5 nitrogen and oxygen atoms in total. The number of carbonyl (C=O) groups excluding carboxylic acids is 2. The van der Waals surface area contributed by atoms with Crippen molar-refractivity contribution < 1.29 is 19.1 Å². The van der Waals surface area contributed by atoms with Crippen LogP contribution in [0.2, 0.25) is 0 Å². The van der Waals surface area contributed by atoms with Crippen LogP contribution in [0.3, 0.4) is 0 Å². The summed E-state index contributed by atoms with van der Waals surface area (Å²) in [6.45, 7) is 12.8. The molecule has 1 amide bonds. The number of rotatable bonds is 5. The van der Waals surface area contributed by atoms with E-state index in [2.05, 4.69) is 19.2 Å². The average Bonchev–Trinajstić information content (AvgIpc) is 2.11. The van der Waals surface area contributed by atoms with Crippen molar-refractivity contribution in [2.24, 2.45) is 5.92 Å². The van der Waals surface area contributed by atoms with Gasteiger partial charge in [0.1, 0.15) is 11.6 Å². The Kier molecular flexibility index (Phi) is 6.87. The van der Waals surface area contributed by atoms with Crippen LogP contribution in [0.15, 0.2) is 0 Å². The lowest BCUT2D eigenvalue weighted by molar-refractivity contribution is -0.150. The van der Waals surface area contributed by atoms with Crippen molar-refractivity contribution in [1.29, 1.82) is 0 Å². The summed E-state index contributed by atoms with van der Waals surface area (Å²) in [4.78, 5) is 23.2. The van der Waals surface area contributed by atoms with E-state index in [1.54, 1.807) is 27.7 Å². The highest BCUT2D eigenvalue weighted by Crippen LogP contribution is 2.09. The van der Waals surface area contributed by atoms with Crippen LogP contribution < -0.4 is 5.32 Å². The van der Waals surface area contributed by atoms with Crippen LogP contribution in [0, 0.1) is 5.92 Å². The maximum atomic E-state index is 11.7. The third-order valence-electron chi connectivity index (χ3n) is 2.21. The Morgan fingerprint density at radius 3 is 2.05 bits per heavy atom. The molecule has 0 aliphatic rings. The monoisotopic (exact) mass is 273 g/mol. The maximum Gasteiger partial charge on any atom is 0.408 e. The van der Waals surface area contributed by atoms with Crippen LogP contribution in [0.25, 0.3) is 0 Å². The zero-order valence-corrected chi connectivity index (χ0v) is 13.1. The molecule has 0 heterocycles. The normalized spacial score (nSPS) is 14.7. The summed E-state index contributed by atoms with van der Waals surface area (Å²) >= 11 is 0. The molecule has 0 aliphatic heterocycles. The van der Waals surface area contributed by atoms with Gasteiger partial charge in [-0.15, -0.1) is 0 Å². The van der Waals surface area contributed by atoms with Crippen molar-refractivity contribution in [3.05, 3.63) is 0 Å². The number of carbonyl (C=O) groups is 2. The highest BCUT2D eigenvalue weighted by molar-refractivity contribution is 5.81. The summed E-state index contributed by atoms with van der Waals surface area (Å²) in [5.74, 6) is 0.0101. The third-order valence-corrected chi connectivity index (χ3v) is 2.21. The van der Waals surface area contributed by atoms with Gasteiger partial charge in [0.05, 0.1) is 6.10 Å². The number of hydrogen-bond donors (Lipinski definition) is 1. The molecule has 0 saturated carbocycles. The topological polar surface area (TPSA) is 64.6 Å². The van der Waals surface area contributed by atoms with E-state index in [-0.39, 0.29) is 6.10 Å². The molecule has 0 rings (SSSR count). The Bertz CT molecular complexity index is 307. The van der Waals surface area contributed by atoms with Crippen LogP contribution in [0.5, 0.6) is 0 Å².